The van der Waals surface area contributed by atoms with Crippen molar-refractivity contribution in [3.63, 3.8) is 0 Å². The molecule has 0 aliphatic carbocycles. The van der Waals surface area contributed by atoms with E-state index >= 15 is 0 Å². The van der Waals surface area contributed by atoms with Crippen LogP contribution in [0.2, 0.25) is 0 Å². The highest BCUT2D eigenvalue weighted by Crippen LogP contribution is 2.22. The van der Waals surface area contributed by atoms with E-state index in [-0.39, 0.29) is 16.3 Å². The third-order valence-electron chi connectivity index (χ3n) is 3.94. The topological polar surface area (TPSA) is 98.3 Å². The summed E-state index contributed by atoms with van der Waals surface area (Å²) in [6.45, 7) is 2.99. The Balaban J connectivity index is 1.78. The standard InChI is InChI=1S/C18H18N4O4S/c1-13-18(14(2)26-20-13)27(24,25)21(3)17(23)10-9-15-11-19-22(12-15)16-7-5-4-6-8-16/h4-12H,1-3H3/b10-9+. The predicted molar refractivity (Wildman–Crippen MR) is 98.5 cm³/mol. The molecule has 0 fully saturated rings. The van der Waals surface area contributed by atoms with E-state index in [0.717, 1.165) is 5.69 Å². The highest BCUT2D eigenvalue weighted by molar-refractivity contribution is 7.89. The molecule has 0 saturated heterocycles. The summed E-state index contributed by atoms with van der Waals surface area (Å²) >= 11 is 0. The first-order valence-corrected chi connectivity index (χ1v) is 9.48. The molecule has 0 N–H and O–H groups in total. The maximum atomic E-state index is 12.6. The summed E-state index contributed by atoms with van der Waals surface area (Å²) in [4.78, 5) is 12.2. The Kier molecular flexibility index (Phi) is 4.95. The van der Waals surface area contributed by atoms with Crippen molar-refractivity contribution in [3.05, 3.63) is 65.8 Å². The minimum absolute atomic E-state index is 0.0938. The summed E-state index contributed by atoms with van der Waals surface area (Å²) in [5.41, 5.74) is 1.75. The van der Waals surface area contributed by atoms with E-state index in [4.69, 9.17) is 4.52 Å². The van der Waals surface area contributed by atoms with Gasteiger partial charge in [-0.15, -0.1) is 0 Å². The molecule has 9 heteroatoms. The van der Waals surface area contributed by atoms with Crippen LogP contribution < -0.4 is 0 Å². The highest BCUT2D eigenvalue weighted by atomic mass is 32.2. The van der Waals surface area contributed by atoms with Crippen molar-refractivity contribution in [1.29, 1.82) is 0 Å². The van der Waals surface area contributed by atoms with Gasteiger partial charge in [0, 0.05) is 24.9 Å². The zero-order valence-electron chi connectivity index (χ0n) is 15.0. The number of benzene rings is 1. The van der Waals surface area contributed by atoms with Crippen molar-refractivity contribution in [2.45, 2.75) is 18.7 Å². The second-order valence-corrected chi connectivity index (χ2v) is 7.76. The highest BCUT2D eigenvalue weighted by Gasteiger charge is 2.30. The minimum atomic E-state index is -4.04. The van der Waals surface area contributed by atoms with Crippen LogP contribution in [0.25, 0.3) is 11.8 Å². The molecule has 27 heavy (non-hydrogen) atoms. The number of rotatable bonds is 5. The van der Waals surface area contributed by atoms with Crippen LogP contribution in [-0.4, -0.2) is 40.6 Å². The lowest BCUT2D eigenvalue weighted by atomic mass is 10.3. The van der Waals surface area contributed by atoms with Crippen molar-refractivity contribution in [1.82, 2.24) is 19.2 Å². The third-order valence-corrected chi connectivity index (χ3v) is 5.94. The smallest absolute Gasteiger partial charge is 0.271 e. The van der Waals surface area contributed by atoms with Gasteiger partial charge in [-0.05, 0) is 32.1 Å². The lowest BCUT2D eigenvalue weighted by Gasteiger charge is -2.15. The lowest BCUT2D eigenvalue weighted by molar-refractivity contribution is -0.120. The van der Waals surface area contributed by atoms with E-state index in [2.05, 4.69) is 10.3 Å². The quantitative estimate of drug-likeness (QED) is 0.624. The Labute approximate surface area is 156 Å². The van der Waals surface area contributed by atoms with Crippen molar-refractivity contribution >= 4 is 22.0 Å². The Morgan fingerprint density at radius 2 is 1.93 bits per heavy atom. The fourth-order valence-corrected chi connectivity index (χ4v) is 3.90. The Hall–Kier alpha value is -3.20. The molecule has 0 aliphatic heterocycles. The predicted octanol–water partition coefficient (Wildman–Crippen LogP) is 2.34. The number of carbonyl (C=O) groups excluding carboxylic acids is 1. The summed E-state index contributed by atoms with van der Waals surface area (Å²) in [5.74, 6) is -0.553. The fourth-order valence-electron chi connectivity index (χ4n) is 2.52. The molecule has 0 spiro atoms. The Morgan fingerprint density at radius 3 is 2.56 bits per heavy atom. The van der Waals surface area contributed by atoms with Gasteiger partial charge in [-0.25, -0.2) is 17.4 Å². The Morgan fingerprint density at radius 1 is 1.22 bits per heavy atom. The number of aromatic nitrogens is 3. The van der Waals surface area contributed by atoms with Crippen LogP contribution in [-0.2, 0) is 14.8 Å². The van der Waals surface area contributed by atoms with Crippen LogP contribution >= 0.6 is 0 Å². The maximum Gasteiger partial charge on any atom is 0.271 e. The van der Waals surface area contributed by atoms with E-state index in [9.17, 15) is 13.2 Å². The molecule has 3 aromatic rings. The van der Waals surface area contributed by atoms with E-state index in [1.165, 1.54) is 33.0 Å². The van der Waals surface area contributed by atoms with Gasteiger partial charge in [-0.1, -0.05) is 23.4 Å². The monoisotopic (exact) mass is 386 g/mol. The van der Waals surface area contributed by atoms with Crippen molar-refractivity contribution < 1.29 is 17.7 Å². The summed E-state index contributed by atoms with van der Waals surface area (Å²) < 4.78 is 32.5. The number of sulfonamides is 1. The summed E-state index contributed by atoms with van der Waals surface area (Å²) in [7, 11) is -2.85. The van der Waals surface area contributed by atoms with Crippen LogP contribution in [0.4, 0.5) is 0 Å². The average molecular weight is 386 g/mol. The second-order valence-electron chi connectivity index (χ2n) is 5.85. The first-order valence-electron chi connectivity index (χ1n) is 8.04. The van der Waals surface area contributed by atoms with Gasteiger partial charge in [-0.2, -0.15) is 5.10 Å². The molecule has 0 bridgehead atoms. The number of carbonyl (C=O) groups is 1. The van der Waals surface area contributed by atoms with Gasteiger partial charge in [0.1, 0.15) is 5.69 Å². The molecule has 0 aliphatic rings. The number of likely N-dealkylation sites (N-methyl/N-ethyl adjacent to an activating group) is 1. The maximum absolute atomic E-state index is 12.6. The van der Waals surface area contributed by atoms with Crippen LogP contribution in [0.1, 0.15) is 17.0 Å². The molecule has 2 aromatic heterocycles. The molecule has 2 heterocycles. The third kappa shape index (κ3) is 3.68. The molecule has 1 amide bonds. The summed E-state index contributed by atoms with van der Waals surface area (Å²) in [6.07, 6.45) is 6.01. The van der Waals surface area contributed by atoms with Gasteiger partial charge >= 0.3 is 0 Å². The minimum Gasteiger partial charge on any atom is -0.360 e. The molecule has 140 valence electrons. The molecule has 0 unspecified atom stereocenters. The van der Waals surface area contributed by atoms with Crippen LogP contribution in [0, 0.1) is 13.8 Å². The van der Waals surface area contributed by atoms with Crippen molar-refractivity contribution in [3.8, 4) is 5.69 Å². The van der Waals surface area contributed by atoms with Gasteiger partial charge in [0.15, 0.2) is 10.7 Å². The fraction of sp³-hybridized carbons (Fsp3) is 0.167. The van der Waals surface area contributed by atoms with E-state index in [1.54, 1.807) is 17.1 Å². The van der Waals surface area contributed by atoms with E-state index in [1.807, 2.05) is 30.3 Å². The number of para-hydroxylation sites is 1. The molecular formula is C18H18N4O4S. The van der Waals surface area contributed by atoms with Gasteiger partial charge in [0.25, 0.3) is 15.9 Å². The van der Waals surface area contributed by atoms with Gasteiger partial charge < -0.3 is 4.52 Å². The number of aryl methyl sites for hydroxylation is 2. The second kappa shape index (κ2) is 7.20. The SMILES string of the molecule is Cc1noc(C)c1S(=O)(=O)N(C)C(=O)/C=C/c1cnn(-c2ccccc2)c1. The number of hydrogen-bond acceptors (Lipinski definition) is 6. The summed E-state index contributed by atoms with van der Waals surface area (Å²) in [5, 5.41) is 7.85. The van der Waals surface area contributed by atoms with Crippen LogP contribution in [0.5, 0.6) is 0 Å². The van der Waals surface area contributed by atoms with Crippen molar-refractivity contribution in [2.75, 3.05) is 7.05 Å². The van der Waals surface area contributed by atoms with Gasteiger partial charge in [-0.3, -0.25) is 4.79 Å². The molecule has 3 rings (SSSR count). The number of amides is 1. The number of hydrogen-bond donors (Lipinski definition) is 0. The van der Waals surface area contributed by atoms with Crippen LogP contribution in [0.15, 0.2) is 58.2 Å². The lowest BCUT2D eigenvalue weighted by Crippen LogP contribution is -2.32. The molecular weight excluding hydrogens is 368 g/mol. The zero-order valence-corrected chi connectivity index (χ0v) is 15.8. The molecule has 0 radical (unpaired) electrons. The van der Waals surface area contributed by atoms with Gasteiger partial charge in [0.2, 0.25) is 0 Å². The Bertz CT molecular complexity index is 1080. The molecule has 0 saturated carbocycles. The van der Waals surface area contributed by atoms with E-state index in [0.29, 0.717) is 9.87 Å². The normalized spacial score (nSPS) is 11.8. The van der Waals surface area contributed by atoms with Crippen molar-refractivity contribution in [2.24, 2.45) is 0 Å². The largest absolute Gasteiger partial charge is 0.360 e. The molecule has 1 aromatic carbocycles. The molecule has 8 nitrogen and oxygen atoms in total. The first-order chi connectivity index (χ1) is 12.8. The van der Waals surface area contributed by atoms with Gasteiger partial charge in [0.05, 0.1) is 11.9 Å². The first kappa shape index (κ1) is 18.6. The van der Waals surface area contributed by atoms with E-state index < -0.39 is 15.9 Å². The zero-order chi connectivity index (χ0) is 19.6. The number of nitrogens with zero attached hydrogens (tertiary/aromatic N) is 4. The van der Waals surface area contributed by atoms with Crippen LogP contribution in [0.3, 0.4) is 0 Å². The summed E-state index contributed by atoms with van der Waals surface area (Å²) in [6, 6.07) is 9.49. The average Bonchev–Trinajstić information content (AvgIpc) is 3.26. The molecule has 0 atom stereocenters.